The molecule has 1 aliphatic heterocycles. The molecule has 2 aromatic heterocycles. The Morgan fingerprint density at radius 2 is 2.03 bits per heavy atom. The summed E-state index contributed by atoms with van der Waals surface area (Å²) in [6, 6.07) is 0.749. The highest BCUT2D eigenvalue weighted by Gasteiger charge is 2.32. The lowest BCUT2D eigenvalue weighted by Crippen LogP contribution is -2.55. The zero-order valence-corrected chi connectivity index (χ0v) is 17.3. The van der Waals surface area contributed by atoms with Gasteiger partial charge in [0, 0.05) is 34.6 Å². The van der Waals surface area contributed by atoms with Crippen molar-refractivity contribution in [3.8, 4) is 10.4 Å². The van der Waals surface area contributed by atoms with Gasteiger partial charge in [0.1, 0.15) is 0 Å². The summed E-state index contributed by atoms with van der Waals surface area (Å²) in [4.78, 5) is 50.6. The molecule has 0 bridgehead atoms. The minimum Gasteiger partial charge on any atom is -0.481 e. The number of aliphatic carboxylic acids is 1. The number of carboxylic acid groups (broad SMARTS) is 1. The number of aryl methyl sites for hydroxylation is 1. The Kier molecular flexibility index (Phi) is 6.14. The van der Waals surface area contributed by atoms with Gasteiger partial charge in [0.25, 0.3) is 5.91 Å². The summed E-state index contributed by atoms with van der Waals surface area (Å²) >= 11 is 2.97. The lowest BCUT2D eigenvalue weighted by molar-refractivity contribution is -0.138. The average Bonchev–Trinajstić information content (AvgIpc) is 3.30. The zero-order chi connectivity index (χ0) is 21.1. The normalized spacial score (nSPS) is 17.3. The number of hydrogen-bond donors (Lipinski definition) is 3. The molecule has 8 nitrogen and oxygen atoms in total. The molecule has 0 aromatic carbocycles. The lowest BCUT2D eigenvalue weighted by Gasteiger charge is -2.25. The van der Waals surface area contributed by atoms with Crippen molar-refractivity contribution in [1.29, 1.82) is 0 Å². The maximum Gasteiger partial charge on any atom is 0.316 e. The van der Waals surface area contributed by atoms with Crippen LogP contribution in [0.2, 0.25) is 0 Å². The molecule has 0 radical (unpaired) electrons. The smallest absolute Gasteiger partial charge is 0.316 e. The molecule has 1 aliphatic rings. The van der Waals surface area contributed by atoms with Crippen LogP contribution in [0.25, 0.3) is 10.4 Å². The Morgan fingerprint density at radius 3 is 2.69 bits per heavy atom. The standard InChI is InChI=1S/C19H19N3O5S2/c1-10-8-28-9-11(10)14-3-4-15(29-14)12(7-16(24)25)20-19(27)21-17-13(23)5-6-22(2)18(17)26/h3-6,8-9,12,17H,7H2,1-2H3,(H,24,25)(H2,20,21,27)/t12-,17?/m0/s1. The Hall–Kier alpha value is -2.98. The summed E-state index contributed by atoms with van der Waals surface area (Å²) in [5, 5.41) is 18.2. The molecule has 10 heteroatoms. The van der Waals surface area contributed by atoms with Gasteiger partial charge in [-0.25, -0.2) is 4.79 Å². The van der Waals surface area contributed by atoms with Crippen molar-refractivity contribution in [3.63, 3.8) is 0 Å². The number of urea groups is 1. The molecule has 0 spiro atoms. The average molecular weight is 434 g/mol. The highest BCUT2D eigenvalue weighted by Crippen LogP contribution is 2.35. The molecule has 29 heavy (non-hydrogen) atoms. The van der Waals surface area contributed by atoms with Crippen molar-refractivity contribution in [3.05, 3.63) is 45.6 Å². The molecule has 2 atom stereocenters. The molecule has 0 fully saturated rings. The predicted molar refractivity (Wildman–Crippen MR) is 110 cm³/mol. The van der Waals surface area contributed by atoms with Gasteiger partial charge >= 0.3 is 12.0 Å². The topological polar surface area (TPSA) is 116 Å². The Bertz CT molecular complexity index is 994. The van der Waals surface area contributed by atoms with Gasteiger partial charge in [-0.1, -0.05) is 0 Å². The minimum atomic E-state index is -1.33. The molecule has 3 N–H and O–H groups in total. The second-order valence-electron chi connectivity index (χ2n) is 6.54. The number of nitrogens with zero attached hydrogens (tertiary/aromatic N) is 1. The van der Waals surface area contributed by atoms with Crippen LogP contribution in [0.4, 0.5) is 4.79 Å². The van der Waals surface area contributed by atoms with E-state index in [1.807, 2.05) is 23.8 Å². The van der Waals surface area contributed by atoms with Crippen LogP contribution in [-0.2, 0) is 14.4 Å². The number of ketones is 1. The summed E-state index contributed by atoms with van der Waals surface area (Å²) in [6.45, 7) is 2.00. The van der Waals surface area contributed by atoms with E-state index in [9.17, 15) is 24.3 Å². The number of carbonyl (C=O) groups excluding carboxylic acids is 3. The zero-order valence-electron chi connectivity index (χ0n) is 15.7. The van der Waals surface area contributed by atoms with Gasteiger partial charge in [-0.15, -0.1) is 11.3 Å². The van der Waals surface area contributed by atoms with E-state index in [2.05, 4.69) is 10.6 Å². The number of thiophene rings is 2. The number of hydrogen-bond acceptors (Lipinski definition) is 6. The molecule has 3 amide bonds. The molecule has 152 valence electrons. The molecule has 3 heterocycles. The van der Waals surface area contributed by atoms with Crippen molar-refractivity contribution in [1.82, 2.24) is 15.5 Å². The molecule has 1 unspecified atom stereocenters. The van der Waals surface area contributed by atoms with Gasteiger partial charge in [0.05, 0.1) is 12.5 Å². The summed E-state index contributed by atoms with van der Waals surface area (Å²) in [6.07, 6.45) is 2.20. The van der Waals surface area contributed by atoms with Crippen LogP contribution in [0.3, 0.4) is 0 Å². The molecule has 3 rings (SSSR count). The van der Waals surface area contributed by atoms with E-state index in [-0.39, 0.29) is 6.42 Å². The quantitative estimate of drug-likeness (QED) is 0.606. The lowest BCUT2D eigenvalue weighted by atomic mass is 10.1. The van der Waals surface area contributed by atoms with Gasteiger partial charge in [-0.2, -0.15) is 11.3 Å². The largest absolute Gasteiger partial charge is 0.481 e. The highest BCUT2D eigenvalue weighted by atomic mass is 32.1. The molecular weight excluding hydrogens is 414 g/mol. The molecule has 2 aromatic rings. The number of likely N-dealkylation sites (N-methyl/N-ethyl adjacent to an activating group) is 1. The first kappa shape index (κ1) is 20.7. The maximum atomic E-state index is 12.4. The van der Waals surface area contributed by atoms with E-state index in [1.54, 1.807) is 17.4 Å². The second kappa shape index (κ2) is 8.58. The van der Waals surface area contributed by atoms with Crippen LogP contribution in [0.5, 0.6) is 0 Å². The van der Waals surface area contributed by atoms with Gasteiger partial charge in [0.15, 0.2) is 11.8 Å². The maximum absolute atomic E-state index is 12.4. The molecule has 0 aliphatic carbocycles. The van der Waals surface area contributed by atoms with Crippen LogP contribution in [0.15, 0.2) is 35.2 Å². The van der Waals surface area contributed by atoms with Crippen molar-refractivity contribution < 1.29 is 24.3 Å². The third kappa shape index (κ3) is 4.72. The Labute approximate surface area is 174 Å². The third-order valence-corrected chi connectivity index (χ3v) is 6.49. The molecule has 0 saturated carbocycles. The monoisotopic (exact) mass is 433 g/mol. The summed E-state index contributed by atoms with van der Waals surface area (Å²) in [5.74, 6) is -2.18. The van der Waals surface area contributed by atoms with E-state index in [0.29, 0.717) is 4.88 Å². The highest BCUT2D eigenvalue weighted by molar-refractivity contribution is 7.16. The summed E-state index contributed by atoms with van der Waals surface area (Å²) in [5.41, 5.74) is 2.19. The van der Waals surface area contributed by atoms with Crippen LogP contribution in [0, 0.1) is 6.92 Å². The van der Waals surface area contributed by atoms with Crippen molar-refractivity contribution in [2.45, 2.75) is 25.4 Å². The van der Waals surface area contributed by atoms with Crippen LogP contribution in [0.1, 0.15) is 22.9 Å². The fourth-order valence-corrected chi connectivity index (χ4v) is 4.90. The second-order valence-corrected chi connectivity index (χ2v) is 8.40. The molecule has 0 saturated heterocycles. The van der Waals surface area contributed by atoms with E-state index in [4.69, 9.17) is 0 Å². The number of amides is 3. The third-order valence-electron chi connectivity index (χ3n) is 4.39. The van der Waals surface area contributed by atoms with Gasteiger partial charge < -0.3 is 20.6 Å². The first-order chi connectivity index (χ1) is 13.8. The van der Waals surface area contributed by atoms with Crippen LogP contribution < -0.4 is 10.6 Å². The van der Waals surface area contributed by atoms with E-state index < -0.39 is 35.8 Å². The first-order valence-corrected chi connectivity index (χ1v) is 10.4. The van der Waals surface area contributed by atoms with Crippen LogP contribution in [-0.4, -0.2) is 46.8 Å². The van der Waals surface area contributed by atoms with E-state index in [0.717, 1.165) is 16.0 Å². The van der Waals surface area contributed by atoms with Crippen molar-refractivity contribution >= 4 is 46.4 Å². The number of carbonyl (C=O) groups is 4. The predicted octanol–water partition coefficient (Wildman–Crippen LogP) is 2.52. The Morgan fingerprint density at radius 1 is 1.28 bits per heavy atom. The van der Waals surface area contributed by atoms with Gasteiger partial charge in [-0.3, -0.25) is 14.4 Å². The van der Waals surface area contributed by atoms with Crippen molar-refractivity contribution in [2.24, 2.45) is 0 Å². The van der Waals surface area contributed by atoms with Gasteiger partial charge in [0.2, 0.25) is 0 Å². The number of rotatable bonds is 6. The van der Waals surface area contributed by atoms with E-state index >= 15 is 0 Å². The fraction of sp³-hybridized carbons (Fsp3) is 0.263. The van der Waals surface area contributed by atoms with E-state index in [1.165, 1.54) is 35.6 Å². The van der Waals surface area contributed by atoms with Crippen LogP contribution >= 0.6 is 22.7 Å². The fourth-order valence-electron chi connectivity index (χ4n) is 2.84. The first-order valence-electron chi connectivity index (χ1n) is 8.66. The number of carboxylic acids is 1. The van der Waals surface area contributed by atoms with Gasteiger partial charge in [-0.05, 0) is 35.4 Å². The Balaban J connectivity index is 1.75. The number of nitrogens with one attached hydrogen (secondary N) is 2. The SMILES string of the molecule is Cc1cscc1-c1ccc([C@H](CC(=O)O)NC(=O)NC2C(=O)C=CN(C)C2=O)s1. The molecular formula is C19H19N3O5S2. The minimum absolute atomic E-state index is 0.331. The van der Waals surface area contributed by atoms with Crippen molar-refractivity contribution in [2.75, 3.05) is 7.05 Å². The summed E-state index contributed by atoms with van der Waals surface area (Å²) < 4.78 is 0. The summed E-state index contributed by atoms with van der Waals surface area (Å²) in [7, 11) is 1.48.